The predicted molar refractivity (Wildman–Crippen MR) is 110 cm³/mol. The van der Waals surface area contributed by atoms with Crippen LogP contribution in [0, 0.1) is 5.92 Å². The molecule has 1 aliphatic heterocycles. The molecule has 0 radical (unpaired) electrons. The first kappa shape index (κ1) is 19.7. The minimum atomic E-state index is -4.39. The van der Waals surface area contributed by atoms with E-state index in [1.165, 1.54) is 11.0 Å². The van der Waals surface area contributed by atoms with Gasteiger partial charge < -0.3 is 10.0 Å². The number of nitrogens with zero attached hydrogens (tertiary/aromatic N) is 3. The molecule has 2 aliphatic carbocycles. The van der Waals surface area contributed by atoms with Crippen LogP contribution in [0.5, 0.6) is 0 Å². The number of aromatic nitrogens is 2. The SMILES string of the molecule is OCC1CCC(n2cc3cc(N4CC=CC=C4C(F)(F)F)c(C4CC4)cc3n2)CC1. The largest absolute Gasteiger partial charge is 0.431 e. The van der Waals surface area contributed by atoms with E-state index in [-0.39, 0.29) is 19.2 Å². The third-order valence-electron chi connectivity index (χ3n) is 6.69. The maximum Gasteiger partial charge on any atom is 0.431 e. The Bertz CT molecular complexity index is 995. The van der Waals surface area contributed by atoms with Crippen molar-refractivity contribution in [1.29, 1.82) is 0 Å². The molecule has 5 rings (SSSR count). The summed E-state index contributed by atoms with van der Waals surface area (Å²) in [7, 11) is 0. The molecule has 0 bridgehead atoms. The van der Waals surface area contributed by atoms with Crippen molar-refractivity contribution < 1.29 is 18.3 Å². The van der Waals surface area contributed by atoms with Gasteiger partial charge in [-0.3, -0.25) is 4.68 Å². The van der Waals surface area contributed by atoms with Crippen molar-refractivity contribution in [2.24, 2.45) is 5.92 Å². The number of hydrogen-bond acceptors (Lipinski definition) is 3. The van der Waals surface area contributed by atoms with Crippen LogP contribution in [0.1, 0.15) is 56.0 Å². The Morgan fingerprint density at radius 3 is 2.50 bits per heavy atom. The third-order valence-corrected chi connectivity index (χ3v) is 6.69. The van der Waals surface area contributed by atoms with Gasteiger partial charge in [0.1, 0.15) is 5.70 Å². The van der Waals surface area contributed by atoms with E-state index in [1.54, 1.807) is 6.08 Å². The van der Waals surface area contributed by atoms with Gasteiger partial charge in [0.15, 0.2) is 0 Å². The van der Waals surface area contributed by atoms with Crippen LogP contribution in [0.15, 0.2) is 42.3 Å². The van der Waals surface area contributed by atoms with Gasteiger partial charge >= 0.3 is 6.18 Å². The van der Waals surface area contributed by atoms with Crippen LogP contribution in [0.3, 0.4) is 0 Å². The molecule has 1 aromatic heterocycles. The summed E-state index contributed by atoms with van der Waals surface area (Å²) in [6, 6.07) is 4.19. The normalized spacial score (nSPS) is 25.1. The smallest absolute Gasteiger partial charge is 0.396 e. The van der Waals surface area contributed by atoms with Crippen LogP contribution < -0.4 is 4.90 Å². The second-order valence-corrected chi connectivity index (χ2v) is 8.80. The zero-order valence-electron chi connectivity index (χ0n) is 16.8. The van der Waals surface area contributed by atoms with E-state index in [0.29, 0.717) is 17.5 Å². The van der Waals surface area contributed by atoms with Gasteiger partial charge in [-0.25, -0.2) is 0 Å². The fourth-order valence-corrected chi connectivity index (χ4v) is 4.82. The second kappa shape index (κ2) is 7.45. The zero-order chi connectivity index (χ0) is 20.9. The molecular weight excluding hydrogens is 391 g/mol. The van der Waals surface area contributed by atoms with Crippen molar-refractivity contribution in [1.82, 2.24) is 9.78 Å². The number of rotatable bonds is 4. The number of aliphatic hydroxyl groups excluding tert-OH is 1. The van der Waals surface area contributed by atoms with Crippen molar-refractivity contribution in [3.05, 3.63) is 47.8 Å². The van der Waals surface area contributed by atoms with Crippen LogP contribution in [0.2, 0.25) is 0 Å². The highest BCUT2D eigenvalue weighted by Crippen LogP contribution is 2.48. The Kier molecular flexibility index (Phi) is 4.88. The average molecular weight is 417 g/mol. The lowest BCUT2D eigenvalue weighted by Gasteiger charge is -2.31. The van der Waals surface area contributed by atoms with Crippen LogP contribution in [-0.4, -0.2) is 34.2 Å². The first-order valence-electron chi connectivity index (χ1n) is 10.8. The predicted octanol–water partition coefficient (Wildman–Crippen LogP) is 5.46. The maximum atomic E-state index is 13.7. The van der Waals surface area contributed by atoms with E-state index in [2.05, 4.69) is 0 Å². The molecule has 0 atom stereocenters. The van der Waals surface area contributed by atoms with E-state index in [0.717, 1.165) is 61.1 Å². The first-order valence-corrected chi connectivity index (χ1v) is 10.8. The first-order chi connectivity index (χ1) is 14.4. The molecule has 0 amide bonds. The Balaban J connectivity index is 1.52. The summed E-state index contributed by atoms with van der Waals surface area (Å²) in [6.07, 6.45) is 7.93. The Morgan fingerprint density at radius 1 is 1.07 bits per heavy atom. The van der Waals surface area contributed by atoms with Gasteiger partial charge in [0.25, 0.3) is 0 Å². The minimum absolute atomic E-state index is 0.218. The highest BCUT2D eigenvalue weighted by molar-refractivity contribution is 5.85. The molecule has 160 valence electrons. The van der Waals surface area contributed by atoms with Crippen LogP contribution in [0.25, 0.3) is 10.9 Å². The van der Waals surface area contributed by atoms with Crippen molar-refractivity contribution in [3.8, 4) is 0 Å². The van der Waals surface area contributed by atoms with Crippen molar-refractivity contribution in [3.63, 3.8) is 0 Å². The third kappa shape index (κ3) is 3.64. The molecule has 0 spiro atoms. The molecule has 7 heteroatoms. The van der Waals surface area contributed by atoms with Crippen LogP contribution in [-0.2, 0) is 0 Å². The van der Waals surface area contributed by atoms with E-state index in [1.807, 2.05) is 23.0 Å². The molecule has 2 heterocycles. The second-order valence-electron chi connectivity index (χ2n) is 8.80. The van der Waals surface area contributed by atoms with Crippen molar-refractivity contribution >= 4 is 16.6 Å². The van der Waals surface area contributed by atoms with Gasteiger partial charge in [-0.2, -0.15) is 18.3 Å². The molecule has 2 saturated carbocycles. The summed E-state index contributed by atoms with van der Waals surface area (Å²) < 4.78 is 43.0. The zero-order valence-corrected chi connectivity index (χ0v) is 16.8. The summed E-state index contributed by atoms with van der Waals surface area (Å²) in [5, 5.41) is 15.0. The topological polar surface area (TPSA) is 41.3 Å². The van der Waals surface area contributed by atoms with Crippen molar-refractivity contribution in [2.45, 2.75) is 56.7 Å². The van der Waals surface area contributed by atoms with Gasteiger partial charge in [0.05, 0.1) is 11.6 Å². The lowest BCUT2D eigenvalue weighted by atomic mass is 9.87. The van der Waals surface area contributed by atoms with Gasteiger partial charge in [0.2, 0.25) is 0 Å². The molecule has 0 unspecified atom stereocenters. The molecule has 30 heavy (non-hydrogen) atoms. The number of hydrogen-bond donors (Lipinski definition) is 1. The summed E-state index contributed by atoms with van der Waals surface area (Å²) in [6.45, 7) is 0.455. The summed E-state index contributed by atoms with van der Waals surface area (Å²) in [5.41, 5.74) is 1.87. The molecule has 0 saturated heterocycles. The number of fused-ring (bicyclic) bond motifs is 1. The van der Waals surface area contributed by atoms with E-state index in [9.17, 15) is 18.3 Å². The van der Waals surface area contributed by atoms with E-state index < -0.39 is 11.9 Å². The van der Waals surface area contributed by atoms with Crippen molar-refractivity contribution in [2.75, 3.05) is 18.1 Å². The highest BCUT2D eigenvalue weighted by atomic mass is 19.4. The molecule has 3 aliphatic rings. The number of alkyl halides is 3. The van der Waals surface area contributed by atoms with E-state index in [4.69, 9.17) is 5.10 Å². The summed E-state index contributed by atoms with van der Waals surface area (Å²) in [4.78, 5) is 1.40. The lowest BCUT2D eigenvalue weighted by Crippen LogP contribution is -2.34. The number of halogens is 3. The summed E-state index contributed by atoms with van der Waals surface area (Å²) >= 11 is 0. The molecule has 4 nitrogen and oxygen atoms in total. The molecule has 1 N–H and O–H groups in total. The number of aliphatic hydroxyl groups is 1. The number of anilines is 1. The standard InChI is InChI=1S/C23H26F3N3O/c24-23(25,26)22-3-1-2-10-28(22)21-11-17-13-29(18-8-4-15(14-30)5-9-18)27-20(17)12-19(21)16-6-7-16/h1-3,11-13,15-16,18,30H,4-10,14H2. The average Bonchev–Trinajstić information content (AvgIpc) is 3.51. The Labute approximate surface area is 173 Å². The monoisotopic (exact) mass is 417 g/mol. The van der Waals surface area contributed by atoms with Crippen LogP contribution in [0.4, 0.5) is 18.9 Å². The van der Waals surface area contributed by atoms with Gasteiger partial charge in [-0.1, -0.05) is 12.2 Å². The van der Waals surface area contributed by atoms with E-state index >= 15 is 0 Å². The lowest BCUT2D eigenvalue weighted by molar-refractivity contribution is -0.0933. The molecule has 1 aromatic carbocycles. The Hall–Kier alpha value is -2.28. The fourth-order valence-electron chi connectivity index (χ4n) is 4.82. The molecular formula is C23H26F3N3O. The maximum absolute atomic E-state index is 13.7. The minimum Gasteiger partial charge on any atom is -0.396 e. The van der Waals surface area contributed by atoms with Gasteiger partial charge in [0, 0.05) is 30.4 Å². The number of benzene rings is 1. The summed E-state index contributed by atoms with van der Waals surface area (Å²) in [5.74, 6) is 0.689. The highest BCUT2D eigenvalue weighted by Gasteiger charge is 2.40. The van der Waals surface area contributed by atoms with Crippen LogP contribution >= 0.6 is 0 Å². The molecule has 2 fully saturated rings. The van der Waals surface area contributed by atoms with Gasteiger partial charge in [-0.05, 0) is 74.1 Å². The quantitative estimate of drug-likeness (QED) is 0.718. The van der Waals surface area contributed by atoms with Gasteiger partial charge in [-0.15, -0.1) is 0 Å². The number of allylic oxidation sites excluding steroid dienone is 3. The molecule has 2 aromatic rings. The Morgan fingerprint density at radius 2 is 1.83 bits per heavy atom. The fraction of sp³-hybridized carbons (Fsp3) is 0.522.